The fourth-order valence-corrected chi connectivity index (χ4v) is 1.41. The summed E-state index contributed by atoms with van der Waals surface area (Å²) in [5.41, 5.74) is 0.197. The molecule has 0 bridgehead atoms. The minimum Gasteiger partial charge on any atom is -0.345 e. The maximum Gasteiger partial charge on any atom is 0.276 e. The van der Waals surface area contributed by atoms with Crippen molar-refractivity contribution in [3.05, 3.63) is 46.0 Å². The lowest BCUT2D eigenvalue weighted by atomic mass is 10.1. The first-order valence-electron chi connectivity index (χ1n) is 5.69. The highest BCUT2D eigenvalue weighted by molar-refractivity contribution is 6.05. The van der Waals surface area contributed by atoms with Crippen molar-refractivity contribution in [3.8, 4) is 12.3 Å². The zero-order chi connectivity index (χ0) is 15.0. The number of hydrogen-bond acceptors (Lipinski definition) is 4. The molecule has 102 valence electrons. The molecule has 0 aliphatic rings. The van der Waals surface area contributed by atoms with E-state index in [1.165, 1.54) is 24.3 Å². The number of nitrogens with zero attached hydrogens (tertiary/aromatic N) is 1. The Bertz CT molecular complexity index is 599. The normalized spacial score (nSPS) is 9.95. The van der Waals surface area contributed by atoms with Gasteiger partial charge in [0.1, 0.15) is 0 Å². The SMILES string of the molecule is C#CCNC(=O)CC(=O)C=Cc1ccccc1[N+](=O)[O-]. The number of carbonyl (C=O) groups excluding carboxylic acids is 2. The van der Waals surface area contributed by atoms with Crippen LogP contribution in [0.15, 0.2) is 30.3 Å². The second-order valence-electron chi connectivity index (χ2n) is 3.77. The van der Waals surface area contributed by atoms with Crippen LogP contribution in [0.5, 0.6) is 0 Å². The molecule has 6 nitrogen and oxygen atoms in total. The standard InChI is InChI=1S/C14H12N2O4/c1-2-9-15-14(18)10-12(17)8-7-11-5-3-4-6-13(11)16(19)20/h1,3-8H,9-10H2,(H,15,18). The molecule has 6 heteroatoms. The molecular weight excluding hydrogens is 260 g/mol. The topological polar surface area (TPSA) is 89.3 Å². The van der Waals surface area contributed by atoms with E-state index in [0.29, 0.717) is 5.56 Å². The quantitative estimate of drug-likeness (QED) is 0.278. The summed E-state index contributed by atoms with van der Waals surface area (Å²) in [4.78, 5) is 33.0. The Morgan fingerprint density at radius 2 is 2.10 bits per heavy atom. The number of nitro groups is 1. The number of terminal acetylenes is 1. The lowest BCUT2D eigenvalue weighted by molar-refractivity contribution is -0.385. The van der Waals surface area contributed by atoms with E-state index >= 15 is 0 Å². The minimum absolute atomic E-state index is 0.0555. The van der Waals surface area contributed by atoms with Crippen LogP contribution in [-0.2, 0) is 9.59 Å². The second-order valence-corrected chi connectivity index (χ2v) is 3.77. The van der Waals surface area contributed by atoms with Crippen LogP contribution in [0, 0.1) is 22.5 Å². The van der Waals surface area contributed by atoms with Crippen LogP contribution in [0.2, 0.25) is 0 Å². The number of benzene rings is 1. The fourth-order valence-electron chi connectivity index (χ4n) is 1.41. The predicted molar refractivity (Wildman–Crippen MR) is 73.6 cm³/mol. The summed E-state index contributed by atoms with van der Waals surface area (Å²) in [5.74, 6) is 1.27. The van der Waals surface area contributed by atoms with Crippen molar-refractivity contribution in [2.24, 2.45) is 0 Å². The molecular formula is C14H12N2O4. The number of allylic oxidation sites excluding steroid dienone is 1. The highest BCUT2D eigenvalue weighted by atomic mass is 16.6. The number of rotatable bonds is 6. The first kappa shape index (κ1) is 15.1. The molecule has 1 aromatic rings. The summed E-state index contributed by atoms with van der Waals surface area (Å²) in [7, 11) is 0. The van der Waals surface area contributed by atoms with Gasteiger partial charge in [-0.15, -0.1) is 6.42 Å². The number of nitrogens with one attached hydrogen (secondary N) is 1. The van der Waals surface area contributed by atoms with Crippen LogP contribution < -0.4 is 5.32 Å². The van der Waals surface area contributed by atoms with Crippen molar-refractivity contribution < 1.29 is 14.5 Å². The number of hydrogen-bond donors (Lipinski definition) is 1. The molecule has 0 saturated carbocycles. The van der Waals surface area contributed by atoms with Gasteiger partial charge >= 0.3 is 0 Å². The summed E-state index contributed by atoms with van der Waals surface area (Å²) >= 11 is 0. The third-order valence-electron chi connectivity index (χ3n) is 2.30. The van der Waals surface area contributed by atoms with Crippen LogP contribution in [0.25, 0.3) is 6.08 Å². The monoisotopic (exact) mass is 272 g/mol. The summed E-state index contributed by atoms with van der Waals surface area (Å²) in [6.07, 6.45) is 7.06. The van der Waals surface area contributed by atoms with Crippen molar-refractivity contribution in [2.75, 3.05) is 6.54 Å². The van der Waals surface area contributed by atoms with Gasteiger partial charge in [-0.3, -0.25) is 19.7 Å². The van der Waals surface area contributed by atoms with E-state index in [2.05, 4.69) is 11.2 Å². The Hall–Kier alpha value is -2.94. The number of para-hydroxylation sites is 1. The fraction of sp³-hybridized carbons (Fsp3) is 0.143. The molecule has 1 N–H and O–H groups in total. The molecule has 0 radical (unpaired) electrons. The van der Waals surface area contributed by atoms with Crippen molar-refractivity contribution in [3.63, 3.8) is 0 Å². The average molecular weight is 272 g/mol. The molecule has 0 aliphatic carbocycles. The molecule has 1 aromatic carbocycles. The summed E-state index contributed by atoms with van der Waals surface area (Å²) in [6.45, 7) is 0.0555. The number of carbonyl (C=O) groups is 2. The van der Waals surface area contributed by atoms with E-state index in [9.17, 15) is 19.7 Å². The molecule has 0 spiro atoms. The molecule has 0 heterocycles. The molecule has 1 rings (SSSR count). The number of nitro benzene ring substituents is 1. The molecule has 0 aliphatic heterocycles. The van der Waals surface area contributed by atoms with E-state index in [1.54, 1.807) is 6.07 Å². The first-order valence-corrected chi connectivity index (χ1v) is 5.69. The van der Waals surface area contributed by atoms with Crippen LogP contribution in [0.4, 0.5) is 5.69 Å². The Labute approximate surface area is 115 Å². The molecule has 0 saturated heterocycles. The molecule has 0 fully saturated rings. The van der Waals surface area contributed by atoms with Crippen molar-refractivity contribution in [2.45, 2.75) is 6.42 Å². The van der Waals surface area contributed by atoms with Crippen molar-refractivity contribution in [1.82, 2.24) is 5.32 Å². The van der Waals surface area contributed by atoms with Gasteiger partial charge in [-0.2, -0.15) is 0 Å². The summed E-state index contributed by atoms with van der Waals surface area (Å²) in [5, 5.41) is 13.1. The van der Waals surface area contributed by atoms with Crippen LogP contribution in [0.1, 0.15) is 12.0 Å². The molecule has 0 aromatic heterocycles. The van der Waals surface area contributed by atoms with E-state index < -0.39 is 16.6 Å². The average Bonchev–Trinajstić information content (AvgIpc) is 2.43. The second kappa shape index (κ2) is 7.48. The van der Waals surface area contributed by atoms with Gasteiger partial charge in [0, 0.05) is 6.07 Å². The molecule has 20 heavy (non-hydrogen) atoms. The molecule has 1 amide bonds. The molecule has 0 unspecified atom stereocenters. The largest absolute Gasteiger partial charge is 0.345 e. The Morgan fingerprint density at radius 1 is 1.40 bits per heavy atom. The summed E-state index contributed by atoms with van der Waals surface area (Å²) in [6, 6.07) is 6.01. The van der Waals surface area contributed by atoms with Crippen molar-refractivity contribution >= 4 is 23.5 Å². The zero-order valence-electron chi connectivity index (χ0n) is 10.5. The van der Waals surface area contributed by atoms with Crippen LogP contribution in [0.3, 0.4) is 0 Å². The predicted octanol–water partition coefficient (Wildman–Crippen LogP) is 1.32. The number of amides is 1. The van der Waals surface area contributed by atoms with Gasteiger partial charge in [0.15, 0.2) is 5.78 Å². The Balaban J connectivity index is 2.69. The van der Waals surface area contributed by atoms with Gasteiger partial charge < -0.3 is 5.32 Å². The van der Waals surface area contributed by atoms with Crippen LogP contribution >= 0.6 is 0 Å². The maximum atomic E-state index is 11.5. The minimum atomic E-state index is -0.538. The highest BCUT2D eigenvalue weighted by Gasteiger charge is 2.10. The third kappa shape index (κ3) is 4.74. The Kier molecular flexibility index (Phi) is 5.66. The molecule has 0 atom stereocenters. The third-order valence-corrected chi connectivity index (χ3v) is 2.30. The van der Waals surface area contributed by atoms with Gasteiger partial charge in [0.05, 0.1) is 23.5 Å². The first-order chi connectivity index (χ1) is 9.54. The van der Waals surface area contributed by atoms with E-state index in [0.717, 1.165) is 6.08 Å². The van der Waals surface area contributed by atoms with Gasteiger partial charge in [0.2, 0.25) is 5.91 Å². The van der Waals surface area contributed by atoms with Gasteiger partial charge in [-0.1, -0.05) is 18.1 Å². The highest BCUT2D eigenvalue weighted by Crippen LogP contribution is 2.18. The summed E-state index contributed by atoms with van der Waals surface area (Å²) < 4.78 is 0. The zero-order valence-corrected chi connectivity index (χ0v) is 10.5. The lowest BCUT2D eigenvalue weighted by Crippen LogP contribution is -2.25. The smallest absolute Gasteiger partial charge is 0.276 e. The Morgan fingerprint density at radius 3 is 2.75 bits per heavy atom. The van der Waals surface area contributed by atoms with Gasteiger partial charge in [0.25, 0.3) is 5.69 Å². The van der Waals surface area contributed by atoms with Gasteiger partial charge in [-0.05, 0) is 18.2 Å². The van der Waals surface area contributed by atoms with Crippen LogP contribution in [-0.4, -0.2) is 23.2 Å². The van der Waals surface area contributed by atoms with E-state index in [4.69, 9.17) is 6.42 Å². The van der Waals surface area contributed by atoms with E-state index in [-0.39, 0.29) is 18.7 Å². The maximum absolute atomic E-state index is 11.5. The van der Waals surface area contributed by atoms with Crippen molar-refractivity contribution in [1.29, 1.82) is 0 Å². The lowest BCUT2D eigenvalue weighted by Gasteiger charge is -1.98. The van der Waals surface area contributed by atoms with E-state index in [1.807, 2.05) is 0 Å². The number of ketones is 1. The van der Waals surface area contributed by atoms with Gasteiger partial charge in [-0.25, -0.2) is 0 Å².